The van der Waals surface area contributed by atoms with Crippen LogP contribution >= 0.6 is 11.3 Å². The van der Waals surface area contributed by atoms with Crippen molar-refractivity contribution in [2.75, 3.05) is 5.32 Å². The van der Waals surface area contributed by atoms with Gasteiger partial charge in [-0.2, -0.15) is 5.10 Å². The molecule has 3 rings (SSSR count). The molecule has 0 radical (unpaired) electrons. The van der Waals surface area contributed by atoms with E-state index >= 15 is 0 Å². The van der Waals surface area contributed by atoms with E-state index in [9.17, 15) is 14.9 Å². The maximum absolute atomic E-state index is 12.2. The van der Waals surface area contributed by atoms with Crippen LogP contribution in [0.5, 0.6) is 0 Å². The molecule has 0 saturated heterocycles. The van der Waals surface area contributed by atoms with Crippen LogP contribution in [0.2, 0.25) is 0 Å². The van der Waals surface area contributed by atoms with Crippen LogP contribution in [0.25, 0.3) is 10.9 Å². The number of hydrogen-bond acceptors (Lipinski definition) is 6. The quantitative estimate of drug-likeness (QED) is 0.570. The number of nitro benzene ring substituents is 1. The Hall–Kier alpha value is -2.81. The van der Waals surface area contributed by atoms with Gasteiger partial charge >= 0.3 is 0 Å². The summed E-state index contributed by atoms with van der Waals surface area (Å²) < 4.78 is 0. The Bertz CT molecular complexity index is 854. The SMILES string of the molecule is Cc1cnc(NC(=O)c2n[nH]c3ccc([N+](=O)[O-])cc23)s1. The Morgan fingerprint density at radius 3 is 2.95 bits per heavy atom. The minimum Gasteiger partial charge on any atom is -0.296 e. The number of nitrogens with one attached hydrogen (secondary N) is 2. The predicted octanol–water partition coefficient (Wildman–Crippen LogP) is 2.49. The van der Waals surface area contributed by atoms with Crippen molar-refractivity contribution in [1.82, 2.24) is 15.2 Å². The van der Waals surface area contributed by atoms with E-state index in [4.69, 9.17) is 0 Å². The first kappa shape index (κ1) is 13.2. The molecule has 1 amide bonds. The topological polar surface area (TPSA) is 114 Å². The number of aromatic nitrogens is 3. The molecular formula is C12H9N5O3S. The Morgan fingerprint density at radius 2 is 2.29 bits per heavy atom. The lowest BCUT2D eigenvalue weighted by atomic mass is 10.2. The number of aromatic amines is 1. The fourth-order valence-corrected chi connectivity index (χ4v) is 2.52. The van der Waals surface area contributed by atoms with Crippen LogP contribution in [0, 0.1) is 17.0 Å². The third-order valence-corrected chi connectivity index (χ3v) is 3.64. The normalized spacial score (nSPS) is 10.7. The van der Waals surface area contributed by atoms with Gasteiger partial charge in [-0.05, 0) is 13.0 Å². The zero-order valence-electron chi connectivity index (χ0n) is 10.8. The van der Waals surface area contributed by atoms with E-state index < -0.39 is 10.8 Å². The van der Waals surface area contributed by atoms with Gasteiger partial charge in [-0.1, -0.05) is 0 Å². The first-order valence-electron chi connectivity index (χ1n) is 5.91. The predicted molar refractivity (Wildman–Crippen MR) is 77.6 cm³/mol. The summed E-state index contributed by atoms with van der Waals surface area (Å²) >= 11 is 1.34. The fraction of sp³-hybridized carbons (Fsp3) is 0.0833. The van der Waals surface area contributed by atoms with Gasteiger partial charge in [0.05, 0.1) is 10.4 Å². The number of fused-ring (bicyclic) bond motifs is 1. The summed E-state index contributed by atoms with van der Waals surface area (Å²) in [4.78, 5) is 27.5. The van der Waals surface area contributed by atoms with Crippen molar-refractivity contribution in [3.63, 3.8) is 0 Å². The van der Waals surface area contributed by atoms with E-state index in [1.807, 2.05) is 6.92 Å². The number of non-ortho nitro benzene ring substituents is 1. The minimum absolute atomic E-state index is 0.0944. The molecule has 3 aromatic rings. The number of nitrogens with zero attached hydrogens (tertiary/aromatic N) is 3. The van der Waals surface area contributed by atoms with Crippen LogP contribution < -0.4 is 5.32 Å². The molecule has 0 aliphatic heterocycles. The third kappa shape index (κ3) is 2.46. The van der Waals surface area contributed by atoms with E-state index in [0.717, 1.165) is 4.88 Å². The van der Waals surface area contributed by atoms with Gasteiger partial charge in [-0.15, -0.1) is 11.3 Å². The van der Waals surface area contributed by atoms with Crippen molar-refractivity contribution in [2.24, 2.45) is 0 Å². The van der Waals surface area contributed by atoms with Crippen molar-refractivity contribution in [3.8, 4) is 0 Å². The average Bonchev–Trinajstić information content (AvgIpc) is 3.04. The monoisotopic (exact) mass is 303 g/mol. The molecule has 21 heavy (non-hydrogen) atoms. The van der Waals surface area contributed by atoms with Crippen molar-refractivity contribution in [3.05, 3.63) is 45.1 Å². The molecule has 9 heteroatoms. The van der Waals surface area contributed by atoms with E-state index in [1.165, 1.54) is 29.5 Å². The smallest absolute Gasteiger partial charge is 0.278 e. The maximum Gasteiger partial charge on any atom is 0.278 e. The third-order valence-electron chi connectivity index (χ3n) is 2.81. The highest BCUT2D eigenvalue weighted by Gasteiger charge is 2.18. The molecule has 8 nitrogen and oxygen atoms in total. The van der Waals surface area contributed by atoms with Gasteiger partial charge < -0.3 is 0 Å². The van der Waals surface area contributed by atoms with Gasteiger partial charge in [0, 0.05) is 28.6 Å². The number of nitro groups is 1. The number of aryl methyl sites for hydroxylation is 1. The molecule has 0 spiro atoms. The van der Waals surface area contributed by atoms with E-state index in [1.54, 1.807) is 6.20 Å². The Kier molecular flexibility index (Phi) is 3.10. The van der Waals surface area contributed by atoms with Gasteiger partial charge in [0.15, 0.2) is 10.8 Å². The summed E-state index contributed by atoms with van der Waals surface area (Å²) in [6.07, 6.45) is 1.65. The lowest BCUT2D eigenvalue weighted by Gasteiger charge is -1.98. The summed E-state index contributed by atoms with van der Waals surface area (Å²) in [6.45, 7) is 1.88. The molecule has 0 saturated carbocycles. The number of carbonyl (C=O) groups is 1. The van der Waals surface area contributed by atoms with Crippen molar-refractivity contribution in [1.29, 1.82) is 0 Å². The molecule has 0 atom stereocenters. The Morgan fingerprint density at radius 1 is 1.48 bits per heavy atom. The van der Waals surface area contributed by atoms with Gasteiger partial charge in [-0.3, -0.25) is 25.3 Å². The van der Waals surface area contributed by atoms with Gasteiger partial charge in [0.25, 0.3) is 11.6 Å². The van der Waals surface area contributed by atoms with Crippen molar-refractivity contribution < 1.29 is 9.72 Å². The number of hydrogen-bond donors (Lipinski definition) is 2. The van der Waals surface area contributed by atoms with Crippen LogP contribution in [0.1, 0.15) is 15.4 Å². The molecular weight excluding hydrogens is 294 g/mol. The highest BCUT2D eigenvalue weighted by atomic mass is 32.1. The summed E-state index contributed by atoms with van der Waals surface area (Å²) in [5.74, 6) is -0.462. The van der Waals surface area contributed by atoms with E-state index in [2.05, 4.69) is 20.5 Å². The number of thiazole rings is 1. The second-order valence-electron chi connectivity index (χ2n) is 4.29. The second kappa shape index (κ2) is 4.94. The number of amides is 1. The molecule has 106 valence electrons. The van der Waals surface area contributed by atoms with E-state index in [-0.39, 0.29) is 11.4 Å². The molecule has 0 aliphatic rings. The molecule has 0 unspecified atom stereocenters. The number of carbonyl (C=O) groups excluding carboxylic acids is 1. The zero-order valence-corrected chi connectivity index (χ0v) is 11.6. The van der Waals surface area contributed by atoms with Gasteiger partial charge in [0.2, 0.25) is 0 Å². The van der Waals surface area contributed by atoms with Crippen LogP contribution in [0.3, 0.4) is 0 Å². The summed E-state index contributed by atoms with van der Waals surface area (Å²) in [6, 6.07) is 4.19. The van der Waals surface area contributed by atoms with Gasteiger partial charge in [-0.25, -0.2) is 4.98 Å². The average molecular weight is 303 g/mol. The van der Waals surface area contributed by atoms with Crippen LogP contribution in [0.4, 0.5) is 10.8 Å². The van der Waals surface area contributed by atoms with Gasteiger partial charge in [0.1, 0.15) is 0 Å². The minimum atomic E-state index is -0.516. The number of anilines is 1. The largest absolute Gasteiger partial charge is 0.296 e. The molecule has 1 aromatic carbocycles. The first-order valence-corrected chi connectivity index (χ1v) is 6.72. The van der Waals surface area contributed by atoms with Crippen LogP contribution in [0.15, 0.2) is 24.4 Å². The molecule has 2 heterocycles. The van der Waals surface area contributed by atoms with Crippen LogP contribution in [-0.4, -0.2) is 26.0 Å². The summed E-state index contributed by atoms with van der Waals surface area (Å²) in [5.41, 5.74) is 0.561. The molecule has 2 N–H and O–H groups in total. The van der Waals surface area contributed by atoms with Crippen LogP contribution in [-0.2, 0) is 0 Å². The highest BCUT2D eigenvalue weighted by molar-refractivity contribution is 7.15. The zero-order chi connectivity index (χ0) is 15.0. The summed E-state index contributed by atoms with van der Waals surface area (Å²) in [7, 11) is 0. The van der Waals surface area contributed by atoms with Crippen molar-refractivity contribution >= 4 is 39.0 Å². The lowest BCUT2D eigenvalue weighted by Crippen LogP contribution is -2.12. The van der Waals surface area contributed by atoms with Crippen molar-refractivity contribution in [2.45, 2.75) is 6.92 Å². The lowest BCUT2D eigenvalue weighted by molar-refractivity contribution is -0.384. The maximum atomic E-state index is 12.2. The first-order chi connectivity index (χ1) is 10.0. The Labute approximate surface area is 122 Å². The standard InChI is InChI=1S/C12H9N5O3S/c1-6-5-13-12(21-6)14-11(18)10-8-4-7(17(19)20)2-3-9(8)15-16-10/h2-5H,1H3,(H,15,16)(H,13,14,18). The number of H-pyrrole nitrogens is 1. The highest BCUT2D eigenvalue weighted by Crippen LogP contribution is 2.23. The molecule has 0 aliphatic carbocycles. The van der Waals surface area contributed by atoms with E-state index in [0.29, 0.717) is 16.0 Å². The Balaban J connectivity index is 1.97. The molecule has 2 aromatic heterocycles. The number of benzene rings is 1. The summed E-state index contributed by atoms with van der Waals surface area (Å²) in [5, 5.41) is 20.9. The molecule has 0 bridgehead atoms. The number of rotatable bonds is 3. The molecule has 0 fully saturated rings. The second-order valence-corrected chi connectivity index (χ2v) is 5.52. The fourth-order valence-electron chi connectivity index (χ4n) is 1.86.